The van der Waals surface area contributed by atoms with E-state index in [4.69, 9.17) is 14.1 Å². The van der Waals surface area contributed by atoms with Gasteiger partial charge in [-0.05, 0) is 55.6 Å². The second-order valence-electron chi connectivity index (χ2n) is 13.3. The van der Waals surface area contributed by atoms with Crippen molar-refractivity contribution in [2.24, 2.45) is 5.41 Å². The fraction of sp³-hybridized carbons (Fsp3) is 0.667. The molecular weight excluding hydrogens is 574 g/mol. The molecular formula is C30H42BFN4O8. The van der Waals surface area contributed by atoms with Crippen molar-refractivity contribution in [3.8, 4) is 0 Å². The third kappa shape index (κ3) is 7.28. The first-order valence-corrected chi connectivity index (χ1v) is 15.5. The molecule has 1 aromatic rings. The molecule has 0 bridgehead atoms. The van der Waals surface area contributed by atoms with Crippen LogP contribution in [0.25, 0.3) is 0 Å². The van der Waals surface area contributed by atoms with Crippen LogP contribution >= 0.6 is 0 Å². The largest absolute Gasteiger partial charge is 0.478 e. The Morgan fingerprint density at radius 2 is 1.82 bits per heavy atom. The average Bonchev–Trinajstić information content (AvgIpc) is 3.73. The Morgan fingerprint density at radius 3 is 2.50 bits per heavy atom. The molecule has 4 amide bonds. The van der Waals surface area contributed by atoms with Crippen LogP contribution < -0.4 is 10.6 Å². The molecule has 1 aliphatic carbocycles. The monoisotopic (exact) mass is 616 g/mol. The van der Waals surface area contributed by atoms with Gasteiger partial charge in [-0.1, -0.05) is 32.9 Å². The summed E-state index contributed by atoms with van der Waals surface area (Å²) in [6.45, 7) is 5.92. The van der Waals surface area contributed by atoms with Gasteiger partial charge in [0, 0.05) is 25.1 Å². The van der Waals surface area contributed by atoms with Crippen LogP contribution in [0.2, 0.25) is 0 Å². The summed E-state index contributed by atoms with van der Waals surface area (Å²) in [5.74, 6) is -2.10. The maximum absolute atomic E-state index is 14.3. The zero-order valence-electron chi connectivity index (χ0n) is 25.6. The quantitative estimate of drug-likeness (QED) is 0.414. The first-order valence-electron chi connectivity index (χ1n) is 15.5. The molecule has 1 saturated carbocycles. The molecule has 14 heteroatoms. The molecule has 0 spiro atoms. The maximum Gasteiger partial charge on any atom is 0.478 e. The third-order valence-electron chi connectivity index (χ3n) is 8.87. The Morgan fingerprint density at radius 1 is 1.07 bits per heavy atom. The van der Waals surface area contributed by atoms with Crippen molar-refractivity contribution in [3.63, 3.8) is 0 Å². The molecule has 240 valence electrons. The van der Waals surface area contributed by atoms with Crippen molar-refractivity contribution < 1.29 is 42.7 Å². The second kappa shape index (κ2) is 13.3. The fourth-order valence-electron chi connectivity index (χ4n) is 6.41. The summed E-state index contributed by atoms with van der Waals surface area (Å²) >= 11 is 0. The second-order valence-corrected chi connectivity index (χ2v) is 13.3. The Labute approximate surface area is 257 Å². The maximum atomic E-state index is 14.3. The van der Waals surface area contributed by atoms with E-state index in [0.717, 1.165) is 25.7 Å². The zero-order chi connectivity index (χ0) is 31.6. The summed E-state index contributed by atoms with van der Waals surface area (Å²) in [5, 5.41) is 15.8. The number of rotatable bonds is 6. The zero-order valence-corrected chi connectivity index (χ0v) is 25.6. The van der Waals surface area contributed by atoms with Crippen LogP contribution in [0, 0.1) is 11.2 Å². The predicted molar refractivity (Wildman–Crippen MR) is 156 cm³/mol. The van der Waals surface area contributed by atoms with Crippen LogP contribution in [0.1, 0.15) is 76.8 Å². The van der Waals surface area contributed by atoms with Crippen LogP contribution in [0.4, 0.5) is 14.0 Å². The normalized spacial score (nSPS) is 24.6. The first kappa shape index (κ1) is 32.0. The van der Waals surface area contributed by atoms with E-state index in [1.807, 2.05) is 0 Å². The van der Waals surface area contributed by atoms with Gasteiger partial charge in [0.25, 0.3) is 0 Å². The lowest BCUT2D eigenvalue weighted by atomic mass is 9.74. The number of alkyl carbamates (subject to hydrolysis) is 1. The van der Waals surface area contributed by atoms with Crippen LogP contribution in [-0.4, -0.2) is 89.3 Å². The molecule has 3 fully saturated rings. The van der Waals surface area contributed by atoms with E-state index < -0.39 is 66.5 Å². The minimum absolute atomic E-state index is 0.00547. The summed E-state index contributed by atoms with van der Waals surface area (Å²) in [5.41, 5.74) is 0.376. The third-order valence-corrected chi connectivity index (χ3v) is 8.87. The molecule has 1 aromatic carbocycles. The Balaban J connectivity index is 1.31. The van der Waals surface area contributed by atoms with Gasteiger partial charge < -0.3 is 34.7 Å². The number of halogens is 1. The van der Waals surface area contributed by atoms with Crippen molar-refractivity contribution in [2.45, 2.75) is 109 Å². The Hall–Kier alpha value is -3.39. The molecule has 3 aliphatic heterocycles. The van der Waals surface area contributed by atoms with Crippen molar-refractivity contribution >= 4 is 31.1 Å². The summed E-state index contributed by atoms with van der Waals surface area (Å²) in [6, 6.07) is 2.60. The SMILES string of the molecule is CC(C)(C)[C@H](NC(=O)OC1CCCC1)C(=O)N1C[C@H](OC(=O)N2Cc3cccc(F)c3C2)C[C@H]1C(=O)N[C@H]1CCCOB1O. The van der Waals surface area contributed by atoms with E-state index >= 15 is 0 Å². The lowest BCUT2D eigenvalue weighted by Gasteiger charge is -2.35. The highest BCUT2D eigenvalue weighted by molar-refractivity contribution is 6.45. The number of amides is 4. The van der Waals surface area contributed by atoms with Crippen LogP contribution in [0.3, 0.4) is 0 Å². The molecule has 12 nitrogen and oxygen atoms in total. The predicted octanol–water partition coefficient (Wildman–Crippen LogP) is 2.65. The number of carbonyl (C=O) groups excluding carboxylic acids is 4. The van der Waals surface area contributed by atoms with Gasteiger partial charge in [0.2, 0.25) is 11.8 Å². The number of hydrogen-bond donors (Lipinski definition) is 3. The lowest BCUT2D eigenvalue weighted by Crippen LogP contribution is -2.59. The molecule has 2 saturated heterocycles. The number of benzene rings is 1. The fourth-order valence-corrected chi connectivity index (χ4v) is 6.41. The minimum Gasteiger partial charge on any atom is -0.446 e. The van der Waals surface area contributed by atoms with E-state index in [-0.39, 0.29) is 32.2 Å². The number of ether oxygens (including phenoxy) is 2. The Kier molecular flexibility index (Phi) is 9.69. The van der Waals surface area contributed by atoms with Gasteiger partial charge in [0.1, 0.15) is 30.1 Å². The van der Waals surface area contributed by atoms with Crippen LogP contribution in [0.5, 0.6) is 0 Å². The van der Waals surface area contributed by atoms with E-state index in [9.17, 15) is 28.6 Å². The molecule has 0 radical (unpaired) electrons. The smallest absolute Gasteiger partial charge is 0.446 e. The molecule has 4 aliphatic rings. The van der Waals surface area contributed by atoms with Gasteiger partial charge in [-0.3, -0.25) is 14.5 Å². The molecule has 5 rings (SSSR count). The van der Waals surface area contributed by atoms with Crippen molar-refractivity contribution in [3.05, 3.63) is 35.1 Å². The van der Waals surface area contributed by atoms with Crippen LogP contribution in [0.15, 0.2) is 18.2 Å². The minimum atomic E-state index is -1.18. The van der Waals surface area contributed by atoms with Gasteiger partial charge in [0.05, 0.1) is 19.0 Å². The number of nitrogens with one attached hydrogen (secondary N) is 2. The molecule has 0 unspecified atom stereocenters. The number of hydrogen-bond acceptors (Lipinski definition) is 8. The van der Waals surface area contributed by atoms with Gasteiger partial charge in [-0.25, -0.2) is 14.0 Å². The number of carbonyl (C=O) groups is 4. The van der Waals surface area contributed by atoms with E-state index in [2.05, 4.69) is 10.6 Å². The number of likely N-dealkylation sites (tertiary alicyclic amines) is 1. The summed E-state index contributed by atoms with van der Waals surface area (Å²) in [4.78, 5) is 56.4. The van der Waals surface area contributed by atoms with Crippen LogP contribution in [-0.2, 0) is 36.8 Å². The number of nitrogens with zero attached hydrogens (tertiary/aromatic N) is 2. The molecule has 4 atom stereocenters. The summed E-state index contributed by atoms with van der Waals surface area (Å²) < 4.78 is 30.9. The van der Waals surface area contributed by atoms with E-state index in [1.165, 1.54) is 15.9 Å². The molecule has 3 N–H and O–H groups in total. The topological polar surface area (TPSA) is 147 Å². The molecule has 0 aromatic heterocycles. The van der Waals surface area contributed by atoms with E-state index in [1.54, 1.807) is 32.9 Å². The lowest BCUT2D eigenvalue weighted by molar-refractivity contribution is -0.142. The highest BCUT2D eigenvalue weighted by Gasteiger charge is 2.47. The van der Waals surface area contributed by atoms with E-state index in [0.29, 0.717) is 30.6 Å². The van der Waals surface area contributed by atoms with Gasteiger partial charge in [-0.2, -0.15) is 0 Å². The van der Waals surface area contributed by atoms with Crippen molar-refractivity contribution in [1.29, 1.82) is 0 Å². The van der Waals surface area contributed by atoms with Crippen molar-refractivity contribution in [1.82, 2.24) is 20.4 Å². The highest BCUT2D eigenvalue weighted by atomic mass is 19.1. The van der Waals surface area contributed by atoms with Crippen molar-refractivity contribution in [2.75, 3.05) is 13.2 Å². The van der Waals surface area contributed by atoms with Gasteiger partial charge >= 0.3 is 19.3 Å². The van der Waals surface area contributed by atoms with Gasteiger partial charge in [-0.15, -0.1) is 0 Å². The Bertz CT molecular complexity index is 1260. The summed E-state index contributed by atoms with van der Waals surface area (Å²) in [7, 11) is -1.18. The molecule has 3 heterocycles. The standard InChI is InChI=1S/C30H42BFN4O8/c1-30(2,3)25(34-28(39)43-19-9-4-5-10-19)27(38)36-16-20(14-23(36)26(37)33-24-12-7-13-42-31(24)41)44-29(40)35-15-18-8-6-11-22(32)21(18)17-35/h6,8,11,19-20,23-25,41H,4-5,7,9-10,12-17H2,1-3H3,(H,33,37)(H,34,39)/t20-,23+,24+,25-/m1/s1. The first-order chi connectivity index (χ1) is 20.9. The van der Waals surface area contributed by atoms with Gasteiger partial charge in [0.15, 0.2) is 0 Å². The molecule has 44 heavy (non-hydrogen) atoms. The average molecular weight is 616 g/mol. The summed E-state index contributed by atoms with van der Waals surface area (Å²) in [6.07, 6.45) is 2.23. The highest BCUT2D eigenvalue weighted by Crippen LogP contribution is 2.30. The number of fused-ring (bicyclic) bond motifs is 1.